The van der Waals surface area contributed by atoms with E-state index in [2.05, 4.69) is 34.3 Å². The summed E-state index contributed by atoms with van der Waals surface area (Å²) in [6, 6.07) is 12.1. The molecule has 1 saturated heterocycles. The van der Waals surface area contributed by atoms with Gasteiger partial charge in [-0.3, -0.25) is 4.98 Å². The summed E-state index contributed by atoms with van der Waals surface area (Å²) in [5.41, 5.74) is 7.14. The van der Waals surface area contributed by atoms with Crippen LogP contribution in [0.2, 0.25) is 5.02 Å². The number of nitrogens with one attached hydrogen (secondary N) is 1. The van der Waals surface area contributed by atoms with E-state index in [1.54, 1.807) is 12.4 Å². The van der Waals surface area contributed by atoms with Gasteiger partial charge in [-0.25, -0.2) is 9.97 Å². The van der Waals surface area contributed by atoms with E-state index in [0.717, 1.165) is 58.5 Å². The Morgan fingerprint density at radius 1 is 1.12 bits per heavy atom. The molecule has 0 radical (unpaired) electrons. The molecular weight excluding hydrogens is 443 g/mol. The van der Waals surface area contributed by atoms with Crippen LogP contribution in [0.15, 0.2) is 55.0 Å². The van der Waals surface area contributed by atoms with E-state index in [1.165, 1.54) is 5.56 Å². The quantitative estimate of drug-likeness (QED) is 0.335. The van der Waals surface area contributed by atoms with Gasteiger partial charge in [-0.15, -0.1) is 11.6 Å². The summed E-state index contributed by atoms with van der Waals surface area (Å²) in [4.78, 5) is 13.6. The monoisotopic (exact) mass is 464 g/mol. The first kappa shape index (κ1) is 21.1. The molecule has 0 saturated carbocycles. The van der Waals surface area contributed by atoms with Crippen molar-refractivity contribution in [1.29, 1.82) is 0 Å². The third kappa shape index (κ3) is 4.04. The van der Waals surface area contributed by atoms with Crippen LogP contribution in [0, 0.1) is 6.92 Å². The first-order chi connectivity index (χ1) is 15.6. The van der Waals surface area contributed by atoms with E-state index >= 15 is 0 Å². The summed E-state index contributed by atoms with van der Waals surface area (Å²) >= 11 is 12.7. The van der Waals surface area contributed by atoms with Crippen molar-refractivity contribution in [2.24, 2.45) is 0 Å². The van der Waals surface area contributed by atoms with Gasteiger partial charge in [0.1, 0.15) is 0 Å². The fourth-order valence-electron chi connectivity index (χ4n) is 4.22. The van der Waals surface area contributed by atoms with Gasteiger partial charge in [-0.1, -0.05) is 23.7 Å². The molecule has 0 bridgehead atoms. The SMILES string of the molecule is Cc1ccncc1-c1ccc(Cl)c2cnc(Nc3ccc(C4CCOC4)c(CCl)c3)nc12. The average molecular weight is 465 g/mol. The first-order valence-electron chi connectivity index (χ1n) is 10.5. The molecule has 2 aromatic carbocycles. The van der Waals surface area contributed by atoms with Crippen LogP contribution in [0.5, 0.6) is 0 Å². The third-order valence-corrected chi connectivity index (χ3v) is 6.56. The largest absolute Gasteiger partial charge is 0.381 e. The Morgan fingerprint density at radius 2 is 2.03 bits per heavy atom. The topological polar surface area (TPSA) is 59.9 Å². The van der Waals surface area contributed by atoms with Crippen molar-refractivity contribution >= 4 is 45.7 Å². The molecule has 1 aliphatic heterocycles. The minimum Gasteiger partial charge on any atom is -0.381 e. The summed E-state index contributed by atoms with van der Waals surface area (Å²) in [5, 5.41) is 4.75. The summed E-state index contributed by atoms with van der Waals surface area (Å²) in [5.74, 6) is 1.35. The Hall–Kier alpha value is -2.73. The van der Waals surface area contributed by atoms with Crippen molar-refractivity contribution in [3.8, 4) is 11.1 Å². The number of rotatable bonds is 5. The van der Waals surface area contributed by atoms with Crippen molar-refractivity contribution in [2.45, 2.75) is 25.1 Å². The number of pyridine rings is 1. The second-order valence-corrected chi connectivity index (χ2v) is 8.65. The van der Waals surface area contributed by atoms with Gasteiger partial charge in [0.2, 0.25) is 5.95 Å². The molecule has 7 heteroatoms. The lowest BCUT2D eigenvalue weighted by Gasteiger charge is -2.15. The summed E-state index contributed by atoms with van der Waals surface area (Å²) in [6.07, 6.45) is 6.43. The summed E-state index contributed by atoms with van der Waals surface area (Å²) in [6.45, 7) is 3.61. The highest BCUT2D eigenvalue weighted by Gasteiger charge is 2.20. The van der Waals surface area contributed by atoms with Gasteiger partial charge in [0, 0.05) is 59.2 Å². The maximum Gasteiger partial charge on any atom is 0.227 e. The molecule has 5 rings (SSSR count). The Bertz CT molecular complexity index is 1290. The predicted molar refractivity (Wildman–Crippen MR) is 130 cm³/mol. The minimum absolute atomic E-state index is 0.405. The smallest absolute Gasteiger partial charge is 0.227 e. The maximum atomic E-state index is 6.45. The molecule has 0 amide bonds. The summed E-state index contributed by atoms with van der Waals surface area (Å²) < 4.78 is 5.55. The molecule has 1 fully saturated rings. The van der Waals surface area contributed by atoms with Crippen LogP contribution < -0.4 is 5.32 Å². The predicted octanol–water partition coefficient (Wildman–Crippen LogP) is 6.64. The van der Waals surface area contributed by atoms with Gasteiger partial charge >= 0.3 is 0 Å². The van der Waals surface area contributed by atoms with Crippen molar-refractivity contribution in [3.63, 3.8) is 0 Å². The number of hydrogen-bond acceptors (Lipinski definition) is 5. The number of alkyl halides is 1. The second-order valence-electron chi connectivity index (χ2n) is 7.97. The normalized spacial score (nSPS) is 15.9. The van der Waals surface area contributed by atoms with Crippen LogP contribution in [-0.4, -0.2) is 28.2 Å². The van der Waals surface area contributed by atoms with E-state index in [4.69, 9.17) is 32.9 Å². The van der Waals surface area contributed by atoms with Gasteiger partial charge in [-0.2, -0.15) is 0 Å². The Labute approximate surface area is 196 Å². The fourth-order valence-corrected chi connectivity index (χ4v) is 4.65. The van der Waals surface area contributed by atoms with Crippen LogP contribution in [0.3, 0.4) is 0 Å². The van der Waals surface area contributed by atoms with Crippen LogP contribution in [-0.2, 0) is 10.6 Å². The van der Waals surface area contributed by atoms with Crippen LogP contribution >= 0.6 is 23.2 Å². The number of aryl methyl sites for hydroxylation is 1. The van der Waals surface area contributed by atoms with E-state index in [1.807, 2.05) is 30.5 Å². The minimum atomic E-state index is 0.405. The van der Waals surface area contributed by atoms with Gasteiger partial charge in [0.25, 0.3) is 0 Å². The van der Waals surface area contributed by atoms with Crippen LogP contribution in [0.1, 0.15) is 29.0 Å². The highest BCUT2D eigenvalue weighted by Crippen LogP contribution is 2.34. The molecule has 2 aromatic heterocycles. The van der Waals surface area contributed by atoms with Gasteiger partial charge < -0.3 is 10.1 Å². The zero-order chi connectivity index (χ0) is 22.1. The van der Waals surface area contributed by atoms with Crippen molar-refractivity contribution in [2.75, 3.05) is 18.5 Å². The van der Waals surface area contributed by atoms with Crippen molar-refractivity contribution in [3.05, 3.63) is 76.7 Å². The van der Waals surface area contributed by atoms with Crippen LogP contribution in [0.4, 0.5) is 11.6 Å². The molecule has 1 aliphatic rings. The molecule has 0 aliphatic carbocycles. The number of hydrogen-bond donors (Lipinski definition) is 1. The lowest BCUT2D eigenvalue weighted by molar-refractivity contribution is 0.194. The molecule has 1 atom stereocenters. The number of halogens is 2. The maximum absolute atomic E-state index is 6.45. The van der Waals surface area contributed by atoms with E-state index < -0.39 is 0 Å². The van der Waals surface area contributed by atoms with Crippen molar-refractivity contribution < 1.29 is 4.74 Å². The van der Waals surface area contributed by atoms with Gasteiger partial charge in [0.05, 0.1) is 17.1 Å². The first-order valence-corrected chi connectivity index (χ1v) is 11.4. The molecule has 1 N–H and O–H groups in total. The molecule has 1 unspecified atom stereocenters. The number of anilines is 2. The summed E-state index contributed by atoms with van der Waals surface area (Å²) in [7, 11) is 0. The highest BCUT2D eigenvalue weighted by molar-refractivity contribution is 6.35. The average Bonchev–Trinajstić information content (AvgIpc) is 3.35. The Morgan fingerprint density at radius 3 is 2.81 bits per heavy atom. The molecule has 162 valence electrons. The van der Waals surface area contributed by atoms with Gasteiger partial charge in [-0.05, 0) is 54.3 Å². The molecule has 0 spiro atoms. The molecule has 3 heterocycles. The number of ether oxygens (including phenoxy) is 1. The Balaban J connectivity index is 1.53. The number of benzene rings is 2. The molecule has 32 heavy (non-hydrogen) atoms. The van der Waals surface area contributed by atoms with Gasteiger partial charge in [0.15, 0.2) is 0 Å². The number of fused-ring (bicyclic) bond motifs is 1. The number of nitrogens with zero attached hydrogens (tertiary/aromatic N) is 3. The van der Waals surface area contributed by atoms with E-state index in [-0.39, 0.29) is 0 Å². The van der Waals surface area contributed by atoms with E-state index in [9.17, 15) is 0 Å². The molecule has 5 nitrogen and oxygen atoms in total. The second kappa shape index (κ2) is 9.02. The third-order valence-electron chi connectivity index (χ3n) is 5.94. The Kier molecular flexibility index (Phi) is 5.96. The zero-order valence-corrected chi connectivity index (χ0v) is 19.1. The molecular formula is C25H22Cl2N4O. The van der Waals surface area contributed by atoms with Crippen LogP contribution in [0.25, 0.3) is 22.0 Å². The highest BCUT2D eigenvalue weighted by atomic mass is 35.5. The molecule has 4 aromatic rings. The zero-order valence-electron chi connectivity index (χ0n) is 17.6. The standard InChI is InChI=1S/C25H22Cl2N4O/c1-15-6-8-28-12-21(15)20-4-5-23(27)22-13-29-25(31-24(20)22)30-18-2-3-19(17(10-18)11-26)16-7-9-32-14-16/h2-6,8,10,12-13,16H,7,9,11,14H2,1H3,(H,29,30,31). The number of aromatic nitrogens is 3. The van der Waals surface area contributed by atoms with E-state index in [0.29, 0.717) is 22.8 Å². The van der Waals surface area contributed by atoms with Crippen molar-refractivity contribution in [1.82, 2.24) is 15.0 Å². The lowest BCUT2D eigenvalue weighted by Crippen LogP contribution is -2.04. The fraction of sp³-hybridized carbons (Fsp3) is 0.240. The lowest BCUT2D eigenvalue weighted by atomic mass is 9.94.